The monoisotopic (exact) mass is 461 g/mol. The molecule has 0 bridgehead atoms. The van der Waals surface area contributed by atoms with Crippen molar-refractivity contribution < 1.29 is 23.7 Å². The van der Waals surface area contributed by atoms with E-state index in [4.69, 9.17) is 30.5 Å². The summed E-state index contributed by atoms with van der Waals surface area (Å²) in [4.78, 5) is 25.2. The highest BCUT2D eigenvalue weighted by molar-refractivity contribution is 6.30. The molecule has 0 radical (unpaired) electrons. The number of alkyl carbamates (subject to hydrolysis) is 1. The zero-order valence-corrected chi connectivity index (χ0v) is 19.9. The number of benzene rings is 1. The molecule has 1 atom stereocenters. The molecule has 7 nitrogen and oxygen atoms in total. The largest absolute Gasteiger partial charge is 0.493 e. The molecule has 0 aliphatic heterocycles. The Balaban J connectivity index is 2.26. The van der Waals surface area contributed by atoms with Gasteiger partial charge < -0.3 is 24.3 Å². The summed E-state index contributed by atoms with van der Waals surface area (Å²) in [6, 6.07) is 6.19. The van der Waals surface area contributed by atoms with Crippen LogP contribution in [0.2, 0.25) is 5.02 Å². The van der Waals surface area contributed by atoms with Crippen molar-refractivity contribution in [2.45, 2.75) is 45.3 Å². The predicted molar refractivity (Wildman–Crippen MR) is 123 cm³/mol. The van der Waals surface area contributed by atoms with E-state index < -0.39 is 17.7 Å². The molecular weight excluding hydrogens is 434 g/mol. The molecule has 0 fully saturated rings. The summed E-state index contributed by atoms with van der Waals surface area (Å²) in [5.41, 5.74) is 2.03. The van der Waals surface area contributed by atoms with Gasteiger partial charge in [0.05, 0.1) is 32.4 Å². The second-order valence-corrected chi connectivity index (χ2v) is 8.88. The Morgan fingerprint density at radius 3 is 2.34 bits per heavy atom. The molecule has 1 N–H and O–H groups in total. The average molecular weight is 462 g/mol. The van der Waals surface area contributed by atoms with Crippen molar-refractivity contribution in [3.05, 3.63) is 50.6 Å². The van der Waals surface area contributed by atoms with Crippen LogP contribution in [-0.2, 0) is 11.2 Å². The fourth-order valence-corrected chi connectivity index (χ4v) is 4.01. The normalized spacial score (nSPS) is 15.0. The van der Waals surface area contributed by atoms with Crippen LogP contribution in [0.25, 0.3) is 11.1 Å². The molecule has 8 heteroatoms. The predicted octanol–water partition coefficient (Wildman–Crippen LogP) is 4.91. The molecule has 0 aromatic heterocycles. The molecule has 2 aromatic rings. The van der Waals surface area contributed by atoms with Gasteiger partial charge in [-0.2, -0.15) is 0 Å². The second-order valence-electron chi connectivity index (χ2n) is 8.48. The van der Waals surface area contributed by atoms with Gasteiger partial charge in [0, 0.05) is 5.56 Å². The Morgan fingerprint density at radius 2 is 1.75 bits per heavy atom. The lowest BCUT2D eigenvalue weighted by atomic mass is 9.95. The van der Waals surface area contributed by atoms with Gasteiger partial charge in [-0.1, -0.05) is 17.7 Å². The SMILES string of the molecule is COc1cc2c(c(OC)c1OC)-c1ccc(Cl)c(=O)cc1[C@@H](NC(=O)OC(C)(C)C)CC2. The molecule has 32 heavy (non-hydrogen) atoms. The lowest BCUT2D eigenvalue weighted by Crippen LogP contribution is -2.35. The number of methoxy groups -OCH3 is 3. The fraction of sp³-hybridized carbons (Fsp3) is 0.417. The van der Waals surface area contributed by atoms with E-state index in [1.807, 2.05) is 6.07 Å². The molecule has 3 rings (SSSR count). The van der Waals surface area contributed by atoms with Gasteiger partial charge in [0.25, 0.3) is 0 Å². The Morgan fingerprint density at radius 1 is 1.06 bits per heavy atom. The zero-order chi connectivity index (χ0) is 23.6. The molecule has 172 valence electrons. The van der Waals surface area contributed by atoms with Crippen LogP contribution >= 0.6 is 11.6 Å². The Kier molecular flexibility index (Phi) is 6.88. The number of nitrogens with one attached hydrogen (secondary N) is 1. The number of carbonyl (C=O) groups is 1. The third-order valence-corrected chi connectivity index (χ3v) is 5.49. The van der Waals surface area contributed by atoms with E-state index in [1.54, 1.807) is 47.1 Å². The summed E-state index contributed by atoms with van der Waals surface area (Å²) in [7, 11) is 4.65. The van der Waals surface area contributed by atoms with Crippen molar-refractivity contribution in [1.82, 2.24) is 5.32 Å². The number of rotatable bonds is 4. The van der Waals surface area contributed by atoms with Crippen LogP contribution in [0.15, 0.2) is 29.1 Å². The summed E-state index contributed by atoms with van der Waals surface area (Å²) < 4.78 is 22.3. The molecule has 0 unspecified atom stereocenters. The first-order chi connectivity index (χ1) is 15.1. The highest BCUT2D eigenvalue weighted by Crippen LogP contribution is 2.50. The molecule has 0 saturated carbocycles. The van der Waals surface area contributed by atoms with Gasteiger partial charge in [-0.05, 0) is 68.5 Å². The van der Waals surface area contributed by atoms with Gasteiger partial charge in [0.2, 0.25) is 5.75 Å². The van der Waals surface area contributed by atoms with Gasteiger partial charge >= 0.3 is 6.09 Å². The third-order valence-electron chi connectivity index (χ3n) is 5.18. The third kappa shape index (κ3) is 4.78. The molecule has 1 aliphatic carbocycles. The lowest BCUT2D eigenvalue weighted by Gasteiger charge is -2.23. The van der Waals surface area contributed by atoms with Gasteiger partial charge in [-0.25, -0.2) is 4.79 Å². The van der Waals surface area contributed by atoms with Crippen LogP contribution < -0.4 is 25.0 Å². The number of hydrogen-bond acceptors (Lipinski definition) is 6. The Labute approximate surface area is 192 Å². The maximum Gasteiger partial charge on any atom is 0.408 e. The molecular formula is C24H28ClNO6. The van der Waals surface area contributed by atoms with Crippen molar-refractivity contribution in [3.63, 3.8) is 0 Å². The number of fused-ring (bicyclic) bond motifs is 3. The van der Waals surface area contributed by atoms with E-state index in [9.17, 15) is 9.59 Å². The topological polar surface area (TPSA) is 83.1 Å². The molecule has 1 aliphatic rings. The number of halogens is 1. The minimum Gasteiger partial charge on any atom is -0.493 e. The summed E-state index contributed by atoms with van der Waals surface area (Å²) in [6.45, 7) is 5.38. The van der Waals surface area contributed by atoms with E-state index >= 15 is 0 Å². The van der Waals surface area contributed by atoms with Gasteiger partial charge in [-0.3, -0.25) is 4.79 Å². The van der Waals surface area contributed by atoms with Gasteiger partial charge in [-0.15, -0.1) is 0 Å². The first-order valence-corrected chi connectivity index (χ1v) is 10.6. The van der Waals surface area contributed by atoms with Crippen molar-refractivity contribution in [1.29, 1.82) is 0 Å². The van der Waals surface area contributed by atoms with E-state index in [1.165, 1.54) is 13.2 Å². The smallest absolute Gasteiger partial charge is 0.408 e. The molecule has 1 amide bonds. The van der Waals surface area contributed by atoms with Crippen molar-refractivity contribution >= 4 is 17.7 Å². The van der Waals surface area contributed by atoms with Crippen LogP contribution in [0.1, 0.15) is 44.4 Å². The van der Waals surface area contributed by atoms with Crippen molar-refractivity contribution in [2.24, 2.45) is 0 Å². The van der Waals surface area contributed by atoms with Crippen LogP contribution in [0.5, 0.6) is 17.2 Å². The Hall–Kier alpha value is -2.93. The van der Waals surface area contributed by atoms with Gasteiger partial charge in [0.1, 0.15) is 5.60 Å². The highest BCUT2D eigenvalue weighted by atomic mass is 35.5. The van der Waals surface area contributed by atoms with Crippen LogP contribution in [0.4, 0.5) is 4.79 Å². The van der Waals surface area contributed by atoms with Crippen LogP contribution in [-0.4, -0.2) is 33.0 Å². The minimum absolute atomic E-state index is 0.0788. The van der Waals surface area contributed by atoms with E-state index in [2.05, 4.69) is 5.32 Å². The maximum atomic E-state index is 12.6. The lowest BCUT2D eigenvalue weighted by molar-refractivity contribution is 0.0501. The van der Waals surface area contributed by atoms with E-state index in [0.29, 0.717) is 41.2 Å². The average Bonchev–Trinajstić information content (AvgIpc) is 2.95. The first kappa shape index (κ1) is 23.7. The standard InChI is InChI=1S/C24H28ClNO6/c1-24(2,3)32-23(28)26-17-10-7-13-11-19(29-4)21(30-5)22(31-6)20(13)14-8-9-16(25)18(27)12-15(14)17/h8-9,11-12,17H,7,10H2,1-6H3,(H,26,28)/t17-/m0/s1. The highest BCUT2D eigenvalue weighted by Gasteiger charge is 2.30. The summed E-state index contributed by atoms with van der Waals surface area (Å²) in [6.07, 6.45) is 0.553. The molecule has 0 spiro atoms. The van der Waals surface area contributed by atoms with E-state index in [-0.39, 0.29) is 10.5 Å². The minimum atomic E-state index is -0.654. The number of hydrogen-bond donors (Lipinski definition) is 1. The van der Waals surface area contributed by atoms with Crippen LogP contribution in [0.3, 0.4) is 0 Å². The second kappa shape index (κ2) is 9.28. The van der Waals surface area contributed by atoms with E-state index in [0.717, 1.165) is 11.1 Å². The number of aryl methyl sites for hydroxylation is 1. The summed E-state index contributed by atoms with van der Waals surface area (Å²) >= 11 is 6.16. The van der Waals surface area contributed by atoms with Crippen molar-refractivity contribution in [2.75, 3.05) is 21.3 Å². The van der Waals surface area contributed by atoms with Crippen LogP contribution in [0, 0.1) is 0 Å². The molecule has 2 aromatic carbocycles. The zero-order valence-electron chi connectivity index (χ0n) is 19.1. The quantitative estimate of drug-likeness (QED) is 0.696. The molecule has 0 saturated heterocycles. The first-order valence-electron chi connectivity index (χ1n) is 10.2. The fourth-order valence-electron chi connectivity index (χ4n) is 3.89. The number of amides is 1. The maximum absolute atomic E-state index is 12.6. The Bertz CT molecular complexity index is 1090. The molecule has 0 heterocycles. The summed E-state index contributed by atoms with van der Waals surface area (Å²) in [5, 5.41) is 2.99. The summed E-state index contributed by atoms with van der Waals surface area (Å²) in [5.74, 6) is 1.46. The van der Waals surface area contributed by atoms with Gasteiger partial charge in [0.15, 0.2) is 16.9 Å². The number of ether oxygens (including phenoxy) is 4. The van der Waals surface area contributed by atoms with Crippen molar-refractivity contribution in [3.8, 4) is 28.4 Å². The number of carbonyl (C=O) groups excluding carboxylic acids is 1.